The van der Waals surface area contributed by atoms with Crippen LogP contribution >= 0.6 is 0 Å². The summed E-state index contributed by atoms with van der Waals surface area (Å²) < 4.78 is 0. The van der Waals surface area contributed by atoms with Crippen LogP contribution in [0.4, 0.5) is 5.69 Å². The molecule has 7 heteroatoms. The van der Waals surface area contributed by atoms with Gasteiger partial charge < -0.3 is 16.8 Å². The van der Waals surface area contributed by atoms with Crippen LogP contribution in [-0.4, -0.2) is 27.8 Å². The number of aromatic nitrogens is 2. The van der Waals surface area contributed by atoms with E-state index < -0.39 is 17.9 Å². The molecule has 0 spiro atoms. The van der Waals surface area contributed by atoms with Crippen molar-refractivity contribution in [1.82, 2.24) is 9.97 Å². The van der Waals surface area contributed by atoms with Crippen molar-refractivity contribution in [1.29, 1.82) is 0 Å². The molecule has 1 atom stereocenters. The molecule has 1 aromatic heterocycles. The molecule has 0 aliphatic carbocycles. The zero-order valence-corrected chi connectivity index (χ0v) is 7.88. The molecule has 0 saturated heterocycles. The summed E-state index contributed by atoms with van der Waals surface area (Å²) in [6.45, 7) is 0. The topological polar surface area (TPSA) is 124 Å². The van der Waals surface area contributed by atoms with E-state index in [1.165, 1.54) is 18.7 Å². The Balaban J connectivity index is 2.52. The quantitative estimate of drug-likeness (QED) is 0.563. The van der Waals surface area contributed by atoms with Gasteiger partial charge in [-0.25, -0.2) is 9.97 Å². The molecule has 0 bridgehead atoms. The van der Waals surface area contributed by atoms with Gasteiger partial charge in [0.15, 0.2) is 0 Å². The van der Waals surface area contributed by atoms with Gasteiger partial charge in [-0.3, -0.25) is 9.59 Å². The van der Waals surface area contributed by atoms with Gasteiger partial charge in [0.05, 0.1) is 30.5 Å². The van der Waals surface area contributed by atoms with E-state index in [4.69, 9.17) is 11.5 Å². The summed E-state index contributed by atoms with van der Waals surface area (Å²) in [5.74, 6) is -1.12. The van der Waals surface area contributed by atoms with Crippen LogP contribution in [0.1, 0.15) is 6.42 Å². The number of hydrogen-bond donors (Lipinski definition) is 3. The van der Waals surface area contributed by atoms with Gasteiger partial charge in [0.1, 0.15) is 6.33 Å². The lowest BCUT2D eigenvalue weighted by Gasteiger charge is -2.09. The molecule has 0 saturated carbocycles. The minimum Gasteiger partial charge on any atom is -0.370 e. The first kappa shape index (κ1) is 11.1. The summed E-state index contributed by atoms with van der Waals surface area (Å²) in [4.78, 5) is 29.3. The summed E-state index contributed by atoms with van der Waals surface area (Å²) in [6.07, 6.45) is 3.97. The Bertz CT molecular complexity index is 353. The number of carbonyl (C=O) groups excluding carboxylic acids is 2. The number of nitrogens with one attached hydrogen (secondary N) is 1. The van der Waals surface area contributed by atoms with Gasteiger partial charge in [-0.2, -0.15) is 0 Å². The first-order valence-corrected chi connectivity index (χ1v) is 4.19. The average molecular weight is 209 g/mol. The highest BCUT2D eigenvalue weighted by molar-refractivity contribution is 5.96. The van der Waals surface area contributed by atoms with Gasteiger partial charge in [-0.15, -0.1) is 0 Å². The third kappa shape index (κ3) is 3.69. The first-order chi connectivity index (χ1) is 7.09. The molecule has 0 fully saturated rings. The Labute approximate surface area is 85.9 Å². The van der Waals surface area contributed by atoms with Crippen molar-refractivity contribution in [3.05, 3.63) is 18.7 Å². The van der Waals surface area contributed by atoms with Crippen LogP contribution in [0, 0.1) is 0 Å². The maximum absolute atomic E-state index is 11.3. The maximum atomic E-state index is 11.3. The van der Waals surface area contributed by atoms with Crippen LogP contribution in [0.3, 0.4) is 0 Å². The highest BCUT2D eigenvalue weighted by Crippen LogP contribution is 2.01. The van der Waals surface area contributed by atoms with E-state index in [2.05, 4.69) is 15.3 Å². The molecule has 0 radical (unpaired) electrons. The van der Waals surface area contributed by atoms with Crippen LogP contribution < -0.4 is 16.8 Å². The Morgan fingerprint density at radius 1 is 1.40 bits per heavy atom. The second-order valence-corrected chi connectivity index (χ2v) is 2.89. The van der Waals surface area contributed by atoms with E-state index in [0.717, 1.165) is 0 Å². The number of amides is 2. The highest BCUT2D eigenvalue weighted by Gasteiger charge is 2.15. The number of carbonyl (C=O) groups is 2. The Kier molecular flexibility index (Phi) is 3.69. The molecule has 1 heterocycles. The lowest BCUT2D eigenvalue weighted by atomic mass is 10.2. The lowest BCUT2D eigenvalue weighted by Crippen LogP contribution is -2.39. The molecule has 0 aliphatic rings. The van der Waals surface area contributed by atoms with Crippen LogP contribution in [-0.2, 0) is 9.59 Å². The normalized spacial score (nSPS) is 11.8. The molecule has 7 nitrogen and oxygen atoms in total. The number of nitrogens with zero attached hydrogens (tertiary/aromatic N) is 2. The number of nitrogens with two attached hydrogens (primary N) is 2. The maximum Gasteiger partial charge on any atom is 0.241 e. The smallest absolute Gasteiger partial charge is 0.241 e. The Hall–Kier alpha value is -2.02. The van der Waals surface area contributed by atoms with Crippen LogP contribution in [0.15, 0.2) is 18.7 Å². The van der Waals surface area contributed by atoms with E-state index in [-0.39, 0.29) is 6.42 Å². The number of anilines is 1. The van der Waals surface area contributed by atoms with E-state index in [0.29, 0.717) is 5.69 Å². The van der Waals surface area contributed by atoms with Gasteiger partial charge in [-0.05, 0) is 0 Å². The first-order valence-electron chi connectivity index (χ1n) is 4.19. The summed E-state index contributed by atoms with van der Waals surface area (Å²) in [5, 5.41) is 2.45. The van der Waals surface area contributed by atoms with Crippen LogP contribution in [0.25, 0.3) is 0 Å². The third-order valence-corrected chi connectivity index (χ3v) is 1.59. The fraction of sp³-hybridized carbons (Fsp3) is 0.250. The molecule has 5 N–H and O–H groups in total. The van der Waals surface area contributed by atoms with Crippen molar-refractivity contribution >= 4 is 17.5 Å². The standard InChI is InChI=1S/C8H11N5O2/c9-6(1-7(10)14)8(15)13-5-2-11-4-12-3-5/h2-4,6H,1,9H2,(H2,10,14)(H,13,15). The van der Waals surface area contributed by atoms with Gasteiger partial charge in [0.25, 0.3) is 0 Å². The van der Waals surface area contributed by atoms with E-state index in [1.807, 2.05) is 0 Å². The SMILES string of the molecule is NC(=O)CC(N)C(=O)Nc1cncnc1. The van der Waals surface area contributed by atoms with Crippen molar-refractivity contribution in [3.63, 3.8) is 0 Å². The van der Waals surface area contributed by atoms with Crippen LogP contribution in [0.5, 0.6) is 0 Å². The highest BCUT2D eigenvalue weighted by atomic mass is 16.2. The van der Waals surface area contributed by atoms with Crippen molar-refractivity contribution in [2.75, 3.05) is 5.32 Å². The summed E-state index contributed by atoms with van der Waals surface area (Å²) in [6, 6.07) is -0.956. The predicted molar refractivity (Wildman–Crippen MR) is 52.4 cm³/mol. The third-order valence-electron chi connectivity index (χ3n) is 1.59. The molecule has 1 aromatic rings. The fourth-order valence-corrected chi connectivity index (χ4v) is 0.908. The number of primary amides is 1. The number of hydrogen-bond acceptors (Lipinski definition) is 5. The molecule has 1 rings (SSSR count). The summed E-state index contributed by atoms with van der Waals surface area (Å²) in [7, 11) is 0. The van der Waals surface area contributed by atoms with Crippen LogP contribution in [0.2, 0.25) is 0 Å². The summed E-state index contributed by atoms with van der Waals surface area (Å²) in [5.41, 5.74) is 10.7. The van der Waals surface area contributed by atoms with Crippen molar-refractivity contribution in [2.24, 2.45) is 11.5 Å². The molecule has 15 heavy (non-hydrogen) atoms. The van der Waals surface area contributed by atoms with E-state index >= 15 is 0 Å². The molecule has 0 aliphatic heterocycles. The molecule has 1 unspecified atom stereocenters. The predicted octanol–water partition coefficient (Wildman–Crippen LogP) is -1.38. The van der Waals surface area contributed by atoms with E-state index in [9.17, 15) is 9.59 Å². The molecule has 0 aromatic carbocycles. The van der Waals surface area contributed by atoms with Crippen molar-refractivity contribution < 1.29 is 9.59 Å². The molecule has 2 amide bonds. The van der Waals surface area contributed by atoms with Gasteiger partial charge >= 0.3 is 0 Å². The van der Waals surface area contributed by atoms with Crippen molar-refractivity contribution in [2.45, 2.75) is 12.5 Å². The fourth-order valence-electron chi connectivity index (χ4n) is 0.908. The number of rotatable bonds is 4. The second-order valence-electron chi connectivity index (χ2n) is 2.89. The van der Waals surface area contributed by atoms with Gasteiger partial charge in [-0.1, -0.05) is 0 Å². The zero-order chi connectivity index (χ0) is 11.3. The van der Waals surface area contributed by atoms with Gasteiger partial charge in [0.2, 0.25) is 11.8 Å². The second kappa shape index (κ2) is 5.01. The molecular formula is C8H11N5O2. The largest absolute Gasteiger partial charge is 0.370 e. The zero-order valence-electron chi connectivity index (χ0n) is 7.88. The monoisotopic (exact) mass is 209 g/mol. The lowest BCUT2D eigenvalue weighted by molar-refractivity contribution is -0.123. The summed E-state index contributed by atoms with van der Waals surface area (Å²) >= 11 is 0. The Morgan fingerprint density at radius 2 is 2.00 bits per heavy atom. The molecule has 80 valence electrons. The van der Waals surface area contributed by atoms with Crippen molar-refractivity contribution in [3.8, 4) is 0 Å². The van der Waals surface area contributed by atoms with E-state index in [1.54, 1.807) is 0 Å². The van der Waals surface area contributed by atoms with Gasteiger partial charge in [0, 0.05) is 0 Å². The average Bonchev–Trinajstić information content (AvgIpc) is 2.18. The Morgan fingerprint density at radius 3 is 2.53 bits per heavy atom. The molecular weight excluding hydrogens is 198 g/mol. The minimum absolute atomic E-state index is 0.195. The minimum atomic E-state index is -0.956.